The van der Waals surface area contributed by atoms with Crippen molar-refractivity contribution in [2.24, 2.45) is 0 Å². The largest absolute Gasteiger partial charge is 0.481 e. The van der Waals surface area contributed by atoms with Gasteiger partial charge < -0.3 is 25.4 Å². The van der Waals surface area contributed by atoms with Gasteiger partial charge in [-0.3, -0.25) is 19.7 Å². The molecule has 206 valence electrons. The quantitative estimate of drug-likeness (QED) is 0.186. The second-order valence-corrected chi connectivity index (χ2v) is 9.13. The fourth-order valence-electron chi connectivity index (χ4n) is 3.98. The van der Waals surface area contributed by atoms with Gasteiger partial charge >= 0.3 is 11.9 Å². The Morgan fingerprint density at radius 2 is 1.33 bits per heavy atom. The first kappa shape index (κ1) is 29.5. The number of benzene rings is 3. The smallest absolute Gasteiger partial charge is 0.323 e. The highest BCUT2D eigenvalue weighted by molar-refractivity contribution is 5.84. The van der Waals surface area contributed by atoms with E-state index in [2.05, 4.69) is 10.6 Å². The number of ether oxygens (including phenoxy) is 1. The summed E-state index contributed by atoms with van der Waals surface area (Å²) >= 11 is 0. The minimum absolute atomic E-state index is 0.0557. The van der Waals surface area contributed by atoms with E-state index in [4.69, 9.17) is 14.9 Å². The third-order valence-corrected chi connectivity index (χ3v) is 6.05. The SMILES string of the molecule is O=C(O)CCNC(=O)[C@H](Cc1ccccc1)NC(Cc1ccc(-c2ccccc2)cc1)C(=O)OCC(O)CO. The van der Waals surface area contributed by atoms with Crippen LogP contribution in [0.5, 0.6) is 0 Å². The molecule has 3 rings (SSSR count). The van der Waals surface area contributed by atoms with E-state index in [-0.39, 0.29) is 25.8 Å². The molecule has 0 aliphatic rings. The molecule has 0 fully saturated rings. The van der Waals surface area contributed by atoms with Crippen molar-refractivity contribution in [2.75, 3.05) is 19.8 Å². The summed E-state index contributed by atoms with van der Waals surface area (Å²) in [7, 11) is 0. The third-order valence-electron chi connectivity index (χ3n) is 6.05. The number of carboxylic acids is 1. The van der Waals surface area contributed by atoms with Gasteiger partial charge in [0.1, 0.15) is 18.8 Å². The monoisotopic (exact) mass is 534 g/mol. The third kappa shape index (κ3) is 9.97. The lowest BCUT2D eigenvalue weighted by Crippen LogP contribution is -2.53. The van der Waals surface area contributed by atoms with Crippen molar-refractivity contribution < 1.29 is 34.4 Å². The molecule has 3 aromatic rings. The van der Waals surface area contributed by atoms with E-state index in [9.17, 15) is 19.5 Å². The Kier molecular flexibility index (Phi) is 11.6. The predicted octanol–water partition coefficient (Wildman–Crippen LogP) is 1.95. The van der Waals surface area contributed by atoms with Gasteiger partial charge in [0, 0.05) is 6.54 Å². The second kappa shape index (κ2) is 15.4. The molecule has 2 unspecified atom stereocenters. The first-order chi connectivity index (χ1) is 18.9. The van der Waals surface area contributed by atoms with E-state index >= 15 is 0 Å². The molecular formula is C30H34N2O7. The van der Waals surface area contributed by atoms with Gasteiger partial charge in [-0.2, -0.15) is 0 Å². The van der Waals surface area contributed by atoms with Gasteiger partial charge in [0.15, 0.2) is 0 Å². The summed E-state index contributed by atoms with van der Waals surface area (Å²) in [5.41, 5.74) is 3.73. The van der Waals surface area contributed by atoms with E-state index in [1.807, 2.05) is 84.9 Å². The van der Waals surface area contributed by atoms with Crippen LogP contribution < -0.4 is 10.6 Å². The van der Waals surface area contributed by atoms with Crippen molar-refractivity contribution in [3.63, 3.8) is 0 Å². The van der Waals surface area contributed by atoms with E-state index in [0.29, 0.717) is 0 Å². The Morgan fingerprint density at radius 3 is 1.95 bits per heavy atom. The Bertz CT molecular complexity index is 1190. The van der Waals surface area contributed by atoms with Crippen LogP contribution in [0.3, 0.4) is 0 Å². The molecule has 0 spiro atoms. The molecular weight excluding hydrogens is 500 g/mol. The zero-order valence-corrected chi connectivity index (χ0v) is 21.5. The van der Waals surface area contributed by atoms with Gasteiger partial charge in [-0.15, -0.1) is 0 Å². The summed E-state index contributed by atoms with van der Waals surface area (Å²) < 4.78 is 5.24. The molecule has 3 atom stereocenters. The van der Waals surface area contributed by atoms with Crippen molar-refractivity contribution in [3.05, 3.63) is 96.1 Å². The highest BCUT2D eigenvalue weighted by Crippen LogP contribution is 2.20. The van der Waals surface area contributed by atoms with Gasteiger partial charge in [-0.25, -0.2) is 0 Å². The van der Waals surface area contributed by atoms with Crippen LogP contribution in [0.2, 0.25) is 0 Å². The molecule has 0 saturated carbocycles. The van der Waals surface area contributed by atoms with Crippen molar-refractivity contribution in [3.8, 4) is 11.1 Å². The first-order valence-electron chi connectivity index (χ1n) is 12.7. The molecule has 9 nitrogen and oxygen atoms in total. The highest BCUT2D eigenvalue weighted by Gasteiger charge is 2.28. The Morgan fingerprint density at radius 1 is 0.769 bits per heavy atom. The topological polar surface area (TPSA) is 145 Å². The molecule has 0 aliphatic carbocycles. The van der Waals surface area contributed by atoms with Crippen LogP contribution >= 0.6 is 0 Å². The number of aliphatic hydroxyl groups excluding tert-OH is 2. The fraction of sp³-hybridized carbons (Fsp3) is 0.300. The molecule has 0 saturated heterocycles. The van der Waals surface area contributed by atoms with Gasteiger partial charge in [-0.05, 0) is 35.1 Å². The van der Waals surface area contributed by atoms with Crippen LogP contribution in [0.25, 0.3) is 11.1 Å². The van der Waals surface area contributed by atoms with Crippen LogP contribution in [0.4, 0.5) is 0 Å². The molecule has 5 N–H and O–H groups in total. The van der Waals surface area contributed by atoms with Crippen LogP contribution in [0.1, 0.15) is 17.5 Å². The number of rotatable bonds is 15. The first-order valence-corrected chi connectivity index (χ1v) is 12.7. The van der Waals surface area contributed by atoms with Gasteiger partial charge in [0.05, 0.1) is 19.1 Å². The molecule has 0 heterocycles. The minimum Gasteiger partial charge on any atom is -0.481 e. The van der Waals surface area contributed by atoms with Gasteiger partial charge in [-0.1, -0.05) is 84.9 Å². The van der Waals surface area contributed by atoms with Crippen LogP contribution in [0, 0.1) is 0 Å². The molecule has 0 radical (unpaired) electrons. The van der Waals surface area contributed by atoms with Crippen molar-refractivity contribution in [2.45, 2.75) is 37.5 Å². The maximum Gasteiger partial charge on any atom is 0.323 e. The fourth-order valence-corrected chi connectivity index (χ4v) is 3.98. The number of hydrogen-bond acceptors (Lipinski definition) is 7. The second-order valence-electron chi connectivity index (χ2n) is 9.13. The molecule has 9 heteroatoms. The number of aliphatic hydroxyl groups is 2. The average molecular weight is 535 g/mol. The predicted molar refractivity (Wildman–Crippen MR) is 146 cm³/mol. The molecule has 0 aromatic heterocycles. The molecule has 1 amide bonds. The Labute approximate surface area is 227 Å². The van der Waals surface area contributed by atoms with E-state index in [1.165, 1.54) is 0 Å². The average Bonchev–Trinajstić information content (AvgIpc) is 2.96. The Balaban J connectivity index is 1.81. The summed E-state index contributed by atoms with van der Waals surface area (Å²) in [6.45, 7) is -1.01. The lowest BCUT2D eigenvalue weighted by Gasteiger charge is -2.25. The number of carbonyl (C=O) groups excluding carboxylic acids is 2. The van der Waals surface area contributed by atoms with Gasteiger partial charge in [0.2, 0.25) is 5.91 Å². The molecule has 39 heavy (non-hydrogen) atoms. The van der Waals surface area contributed by atoms with Crippen molar-refractivity contribution >= 4 is 17.8 Å². The number of nitrogens with one attached hydrogen (secondary N) is 2. The number of hydrogen-bond donors (Lipinski definition) is 5. The summed E-state index contributed by atoms with van der Waals surface area (Å²) in [6.07, 6.45) is -1.02. The zero-order chi connectivity index (χ0) is 28.0. The maximum atomic E-state index is 13.1. The minimum atomic E-state index is -1.22. The van der Waals surface area contributed by atoms with Crippen molar-refractivity contribution in [1.29, 1.82) is 0 Å². The molecule has 0 bridgehead atoms. The number of amides is 1. The lowest BCUT2D eigenvalue weighted by molar-refractivity contribution is -0.150. The van der Waals surface area contributed by atoms with Crippen LogP contribution in [-0.4, -0.2) is 71.1 Å². The van der Waals surface area contributed by atoms with E-state index < -0.39 is 49.2 Å². The summed E-state index contributed by atoms with van der Waals surface area (Å²) in [5.74, 6) is -2.18. The number of aliphatic carboxylic acids is 1. The summed E-state index contributed by atoms with van der Waals surface area (Å²) in [4.78, 5) is 37.1. The lowest BCUT2D eigenvalue weighted by atomic mass is 9.99. The molecule has 3 aromatic carbocycles. The normalized spacial score (nSPS) is 13.2. The summed E-state index contributed by atoms with van der Waals surface area (Å²) in [5, 5.41) is 33.4. The van der Waals surface area contributed by atoms with Crippen LogP contribution in [0.15, 0.2) is 84.9 Å². The highest BCUT2D eigenvalue weighted by atomic mass is 16.5. The Hall–Kier alpha value is -4.05. The number of carboxylic acid groups (broad SMARTS) is 1. The van der Waals surface area contributed by atoms with E-state index in [0.717, 1.165) is 22.3 Å². The van der Waals surface area contributed by atoms with Gasteiger partial charge in [0.25, 0.3) is 0 Å². The molecule has 0 aliphatic heterocycles. The number of carbonyl (C=O) groups is 3. The van der Waals surface area contributed by atoms with Crippen molar-refractivity contribution in [1.82, 2.24) is 10.6 Å². The standard InChI is InChI=1S/C30H34N2O7/c33-19-25(34)20-39-30(38)27(18-22-11-13-24(14-12-22)23-9-5-2-6-10-23)32-26(17-21-7-3-1-4-8-21)29(37)31-16-15-28(35)36/h1-14,25-27,32-34H,15-20H2,(H,31,37)(H,35,36)/t25?,26-,27?/m0/s1. The maximum absolute atomic E-state index is 13.1. The summed E-state index contributed by atoms with van der Waals surface area (Å²) in [6, 6.07) is 24.9. The number of esters is 1. The zero-order valence-electron chi connectivity index (χ0n) is 21.5. The van der Waals surface area contributed by atoms with Crippen LogP contribution in [-0.2, 0) is 32.0 Å². The van der Waals surface area contributed by atoms with E-state index in [1.54, 1.807) is 0 Å².